The molecular formula is C18H21N3. The van der Waals surface area contributed by atoms with Crippen LogP contribution >= 0.6 is 0 Å². The minimum atomic E-state index is 0.343. The number of fused-ring (bicyclic) bond motifs is 1. The highest BCUT2D eigenvalue weighted by molar-refractivity contribution is 5.93. The third-order valence-corrected chi connectivity index (χ3v) is 5.70. The highest BCUT2D eigenvalue weighted by Crippen LogP contribution is 2.68. The Balaban J connectivity index is 1.92. The van der Waals surface area contributed by atoms with Gasteiger partial charge >= 0.3 is 0 Å². The van der Waals surface area contributed by atoms with Gasteiger partial charge in [-0.3, -0.25) is 4.98 Å². The fourth-order valence-electron chi connectivity index (χ4n) is 3.46. The molecule has 1 saturated carbocycles. The van der Waals surface area contributed by atoms with E-state index in [2.05, 4.69) is 44.1 Å². The lowest BCUT2D eigenvalue weighted by atomic mass is 10.0. The Morgan fingerprint density at radius 2 is 1.86 bits per heavy atom. The van der Waals surface area contributed by atoms with Gasteiger partial charge in [0.1, 0.15) is 6.07 Å². The van der Waals surface area contributed by atoms with E-state index in [0.29, 0.717) is 22.3 Å². The molecule has 0 unspecified atom stereocenters. The quantitative estimate of drug-likeness (QED) is 0.916. The standard InChI is InChI=1S/C18H21N3/c1-17(2)15(18(17,3)4)11-21-16-12(9-19)10-20-14-8-6-5-7-13(14)16/h5-8,10,15H,11H2,1-4H3,(H,20,21). The minimum absolute atomic E-state index is 0.343. The summed E-state index contributed by atoms with van der Waals surface area (Å²) in [6, 6.07) is 10.2. The van der Waals surface area contributed by atoms with Gasteiger partial charge in [0.25, 0.3) is 0 Å². The molecule has 0 bridgehead atoms. The van der Waals surface area contributed by atoms with E-state index in [1.165, 1.54) is 0 Å². The van der Waals surface area contributed by atoms with Gasteiger partial charge in [0.05, 0.1) is 16.8 Å². The SMILES string of the molecule is CC1(C)C(CNc2c(C#N)cnc3ccccc23)C1(C)C. The Morgan fingerprint density at radius 3 is 2.48 bits per heavy atom. The van der Waals surface area contributed by atoms with Crippen LogP contribution in [0.4, 0.5) is 5.69 Å². The normalized spacial score (nSPS) is 19.2. The number of hydrogen-bond acceptors (Lipinski definition) is 3. The molecule has 0 atom stereocenters. The first-order valence-electron chi connectivity index (χ1n) is 7.41. The zero-order valence-electron chi connectivity index (χ0n) is 13.1. The van der Waals surface area contributed by atoms with Crippen molar-refractivity contribution in [2.45, 2.75) is 27.7 Å². The predicted octanol–water partition coefficient (Wildman–Crippen LogP) is 4.20. The van der Waals surface area contributed by atoms with E-state index < -0.39 is 0 Å². The maximum atomic E-state index is 9.33. The molecule has 1 fully saturated rings. The molecule has 0 spiro atoms. The van der Waals surface area contributed by atoms with Gasteiger partial charge in [0, 0.05) is 18.1 Å². The number of hydrogen-bond donors (Lipinski definition) is 1. The number of aromatic nitrogens is 1. The van der Waals surface area contributed by atoms with E-state index in [4.69, 9.17) is 0 Å². The molecule has 2 aromatic rings. The molecule has 1 heterocycles. The van der Waals surface area contributed by atoms with E-state index in [0.717, 1.165) is 23.1 Å². The van der Waals surface area contributed by atoms with Gasteiger partial charge in [-0.15, -0.1) is 0 Å². The maximum Gasteiger partial charge on any atom is 0.103 e. The van der Waals surface area contributed by atoms with E-state index in [-0.39, 0.29) is 0 Å². The van der Waals surface area contributed by atoms with Crippen LogP contribution in [-0.2, 0) is 0 Å². The van der Waals surface area contributed by atoms with E-state index in [9.17, 15) is 5.26 Å². The predicted molar refractivity (Wildman–Crippen MR) is 86.0 cm³/mol. The van der Waals surface area contributed by atoms with Gasteiger partial charge in [-0.05, 0) is 22.8 Å². The monoisotopic (exact) mass is 279 g/mol. The van der Waals surface area contributed by atoms with Crippen LogP contribution in [0.25, 0.3) is 10.9 Å². The van der Waals surface area contributed by atoms with Crippen LogP contribution in [-0.4, -0.2) is 11.5 Å². The maximum absolute atomic E-state index is 9.33. The third-order valence-electron chi connectivity index (χ3n) is 5.70. The summed E-state index contributed by atoms with van der Waals surface area (Å²) < 4.78 is 0. The number of rotatable bonds is 3. The van der Waals surface area contributed by atoms with Crippen molar-refractivity contribution in [1.82, 2.24) is 4.98 Å². The van der Waals surface area contributed by atoms with Crippen molar-refractivity contribution < 1.29 is 0 Å². The molecule has 3 nitrogen and oxygen atoms in total. The average molecular weight is 279 g/mol. The Kier molecular flexibility index (Phi) is 2.95. The lowest BCUT2D eigenvalue weighted by Gasteiger charge is -2.12. The van der Waals surface area contributed by atoms with Crippen LogP contribution < -0.4 is 5.32 Å². The smallest absolute Gasteiger partial charge is 0.103 e. The molecule has 21 heavy (non-hydrogen) atoms. The number of nitrogens with one attached hydrogen (secondary N) is 1. The second-order valence-corrected chi connectivity index (χ2v) is 7.05. The number of anilines is 1. The summed E-state index contributed by atoms with van der Waals surface area (Å²) >= 11 is 0. The highest BCUT2D eigenvalue weighted by atomic mass is 14.9. The molecule has 0 radical (unpaired) electrons. The number of para-hydroxylation sites is 1. The lowest BCUT2D eigenvalue weighted by Crippen LogP contribution is -2.10. The lowest BCUT2D eigenvalue weighted by molar-refractivity contribution is 0.457. The third kappa shape index (κ3) is 1.98. The fourth-order valence-corrected chi connectivity index (χ4v) is 3.46. The van der Waals surface area contributed by atoms with E-state index in [1.807, 2.05) is 24.3 Å². The number of pyridine rings is 1. The molecule has 108 valence electrons. The van der Waals surface area contributed by atoms with E-state index >= 15 is 0 Å². The first-order valence-corrected chi connectivity index (χ1v) is 7.41. The molecule has 1 N–H and O–H groups in total. The van der Waals surface area contributed by atoms with Gasteiger partial charge in [0.2, 0.25) is 0 Å². The van der Waals surface area contributed by atoms with Crippen LogP contribution in [0.15, 0.2) is 30.5 Å². The summed E-state index contributed by atoms with van der Waals surface area (Å²) in [4.78, 5) is 4.35. The van der Waals surface area contributed by atoms with Crippen LogP contribution in [0, 0.1) is 28.1 Å². The summed E-state index contributed by atoms with van der Waals surface area (Å²) in [6.07, 6.45) is 1.66. The Hall–Kier alpha value is -2.08. The van der Waals surface area contributed by atoms with Gasteiger partial charge in [-0.2, -0.15) is 5.26 Å². The second-order valence-electron chi connectivity index (χ2n) is 7.05. The van der Waals surface area contributed by atoms with Crippen molar-refractivity contribution in [2.24, 2.45) is 16.7 Å². The topological polar surface area (TPSA) is 48.7 Å². The summed E-state index contributed by atoms with van der Waals surface area (Å²) in [7, 11) is 0. The van der Waals surface area contributed by atoms with E-state index in [1.54, 1.807) is 6.20 Å². The van der Waals surface area contributed by atoms with Crippen molar-refractivity contribution >= 4 is 16.6 Å². The molecule has 0 saturated heterocycles. The molecule has 1 aromatic carbocycles. The summed E-state index contributed by atoms with van der Waals surface area (Å²) in [5.74, 6) is 0.614. The van der Waals surface area contributed by atoms with Crippen molar-refractivity contribution in [3.63, 3.8) is 0 Å². The van der Waals surface area contributed by atoms with Gasteiger partial charge < -0.3 is 5.32 Å². The number of nitrogens with zero attached hydrogens (tertiary/aromatic N) is 2. The molecule has 1 aliphatic rings. The minimum Gasteiger partial charge on any atom is -0.383 e. The van der Waals surface area contributed by atoms with Crippen molar-refractivity contribution in [1.29, 1.82) is 5.26 Å². The zero-order valence-corrected chi connectivity index (χ0v) is 13.1. The Morgan fingerprint density at radius 1 is 1.19 bits per heavy atom. The number of nitriles is 1. The van der Waals surface area contributed by atoms with Crippen LogP contribution in [0.1, 0.15) is 33.3 Å². The molecule has 0 amide bonds. The van der Waals surface area contributed by atoms with Gasteiger partial charge in [0.15, 0.2) is 0 Å². The average Bonchev–Trinajstić information content (AvgIpc) is 2.85. The fraction of sp³-hybridized carbons (Fsp3) is 0.444. The van der Waals surface area contributed by atoms with Crippen molar-refractivity contribution in [3.05, 3.63) is 36.0 Å². The summed E-state index contributed by atoms with van der Waals surface area (Å²) in [5.41, 5.74) is 3.14. The molecule has 3 rings (SSSR count). The molecule has 1 aliphatic carbocycles. The molecular weight excluding hydrogens is 258 g/mol. The number of benzene rings is 1. The Labute approximate surface area is 126 Å². The van der Waals surface area contributed by atoms with Crippen molar-refractivity contribution in [2.75, 3.05) is 11.9 Å². The highest BCUT2D eigenvalue weighted by Gasteiger charge is 2.64. The van der Waals surface area contributed by atoms with Gasteiger partial charge in [-0.1, -0.05) is 45.9 Å². The largest absolute Gasteiger partial charge is 0.383 e. The second kappa shape index (κ2) is 4.46. The van der Waals surface area contributed by atoms with Gasteiger partial charge in [-0.25, -0.2) is 0 Å². The molecule has 0 aliphatic heterocycles. The zero-order chi connectivity index (χ0) is 15.3. The first-order chi connectivity index (χ1) is 9.89. The summed E-state index contributed by atoms with van der Waals surface area (Å²) in [5, 5.41) is 13.9. The first kappa shape index (κ1) is 13.9. The van der Waals surface area contributed by atoms with Crippen LogP contribution in [0.5, 0.6) is 0 Å². The van der Waals surface area contributed by atoms with Crippen LogP contribution in [0.2, 0.25) is 0 Å². The molecule has 3 heteroatoms. The summed E-state index contributed by atoms with van der Waals surface area (Å²) in [6.45, 7) is 10.2. The molecule has 1 aromatic heterocycles. The van der Waals surface area contributed by atoms with Crippen molar-refractivity contribution in [3.8, 4) is 6.07 Å². The Bertz CT molecular complexity index is 724. The van der Waals surface area contributed by atoms with Crippen LogP contribution in [0.3, 0.4) is 0 Å².